The maximum Gasteiger partial charge on any atom is 0.118 e. The number of hydrogen-bond donors (Lipinski definition) is 1. The molecule has 1 aliphatic carbocycles. The van der Waals surface area contributed by atoms with Crippen LogP contribution in [0, 0.1) is 11.8 Å². The van der Waals surface area contributed by atoms with Crippen molar-refractivity contribution in [2.75, 3.05) is 7.11 Å². The van der Waals surface area contributed by atoms with E-state index in [-0.39, 0.29) is 0 Å². The van der Waals surface area contributed by atoms with E-state index >= 15 is 0 Å². The van der Waals surface area contributed by atoms with Crippen molar-refractivity contribution in [1.29, 1.82) is 0 Å². The number of benzene rings is 1. The summed E-state index contributed by atoms with van der Waals surface area (Å²) in [6.45, 7) is 5.71. The molecule has 1 N–H and O–H groups in total. The molecule has 2 heteroatoms. The predicted molar refractivity (Wildman–Crippen MR) is 85.0 cm³/mol. The molecule has 0 aromatic heterocycles. The maximum absolute atomic E-state index is 5.19. The van der Waals surface area contributed by atoms with Gasteiger partial charge in [0.15, 0.2) is 0 Å². The SMILES string of the molecule is COc1ccc(CNC2CCCC(C(C)C)CC2)cc1. The lowest BCUT2D eigenvalue weighted by molar-refractivity contribution is 0.337. The third-order valence-corrected chi connectivity index (χ3v) is 4.71. The Balaban J connectivity index is 1.78. The summed E-state index contributed by atoms with van der Waals surface area (Å²) >= 11 is 0. The zero-order chi connectivity index (χ0) is 14.4. The van der Waals surface area contributed by atoms with Crippen molar-refractivity contribution >= 4 is 0 Å². The fraction of sp³-hybridized carbons (Fsp3) is 0.667. The van der Waals surface area contributed by atoms with Gasteiger partial charge in [-0.05, 0) is 48.8 Å². The first-order chi connectivity index (χ1) is 9.69. The molecule has 0 aliphatic heterocycles. The van der Waals surface area contributed by atoms with Crippen molar-refractivity contribution in [3.05, 3.63) is 29.8 Å². The van der Waals surface area contributed by atoms with Gasteiger partial charge in [-0.3, -0.25) is 0 Å². The molecule has 2 nitrogen and oxygen atoms in total. The van der Waals surface area contributed by atoms with Crippen LogP contribution in [0.3, 0.4) is 0 Å². The van der Waals surface area contributed by atoms with Gasteiger partial charge in [0.05, 0.1) is 7.11 Å². The van der Waals surface area contributed by atoms with Crippen LogP contribution < -0.4 is 10.1 Å². The first-order valence-corrected chi connectivity index (χ1v) is 8.05. The van der Waals surface area contributed by atoms with E-state index < -0.39 is 0 Å². The quantitative estimate of drug-likeness (QED) is 0.805. The van der Waals surface area contributed by atoms with Gasteiger partial charge >= 0.3 is 0 Å². The van der Waals surface area contributed by atoms with Crippen molar-refractivity contribution in [3.8, 4) is 5.75 Å². The molecule has 1 aliphatic rings. The summed E-state index contributed by atoms with van der Waals surface area (Å²) in [4.78, 5) is 0. The number of methoxy groups -OCH3 is 1. The summed E-state index contributed by atoms with van der Waals surface area (Å²) in [7, 11) is 1.71. The zero-order valence-corrected chi connectivity index (χ0v) is 13.2. The second-order valence-electron chi connectivity index (χ2n) is 6.44. The summed E-state index contributed by atoms with van der Waals surface area (Å²) in [6.07, 6.45) is 6.85. The van der Waals surface area contributed by atoms with Gasteiger partial charge in [-0.2, -0.15) is 0 Å². The second kappa shape index (κ2) is 7.68. The smallest absolute Gasteiger partial charge is 0.118 e. The van der Waals surface area contributed by atoms with Crippen LogP contribution in [0.15, 0.2) is 24.3 Å². The van der Waals surface area contributed by atoms with Crippen molar-refractivity contribution in [2.24, 2.45) is 11.8 Å². The molecular weight excluding hydrogens is 246 g/mol. The highest BCUT2D eigenvalue weighted by Crippen LogP contribution is 2.28. The Morgan fingerprint density at radius 1 is 1.10 bits per heavy atom. The molecule has 0 radical (unpaired) electrons. The number of nitrogens with one attached hydrogen (secondary N) is 1. The van der Waals surface area contributed by atoms with Gasteiger partial charge in [0.1, 0.15) is 5.75 Å². The van der Waals surface area contributed by atoms with Gasteiger partial charge in [0, 0.05) is 12.6 Å². The largest absolute Gasteiger partial charge is 0.497 e. The van der Waals surface area contributed by atoms with E-state index in [2.05, 4.69) is 31.3 Å². The molecule has 112 valence electrons. The van der Waals surface area contributed by atoms with E-state index in [1.165, 1.54) is 37.7 Å². The minimum atomic E-state index is 0.695. The molecule has 1 fully saturated rings. The van der Waals surface area contributed by atoms with E-state index in [1.807, 2.05) is 12.1 Å². The molecule has 0 amide bonds. The van der Waals surface area contributed by atoms with Crippen molar-refractivity contribution in [2.45, 2.75) is 58.5 Å². The Kier molecular flexibility index (Phi) is 5.90. The Morgan fingerprint density at radius 3 is 2.50 bits per heavy atom. The van der Waals surface area contributed by atoms with E-state index in [0.29, 0.717) is 6.04 Å². The van der Waals surface area contributed by atoms with Crippen LogP contribution in [-0.2, 0) is 6.54 Å². The highest BCUT2D eigenvalue weighted by atomic mass is 16.5. The van der Waals surface area contributed by atoms with Crippen LogP contribution in [0.25, 0.3) is 0 Å². The highest BCUT2D eigenvalue weighted by Gasteiger charge is 2.20. The molecule has 1 aromatic carbocycles. The minimum absolute atomic E-state index is 0.695. The molecule has 0 spiro atoms. The third-order valence-electron chi connectivity index (χ3n) is 4.71. The van der Waals surface area contributed by atoms with Crippen LogP contribution in [0.5, 0.6) is 5.75 Å². The number of rotatable bonds is 5. The summed E-state index contributed by atoms with van der Waals surface area (Å²) in [5.74, 6) is 2.71. The first-order valence-electron chi connectivity index (χ1n) is 8.05. The number of ether oxygens (including phenoxy) is 1. The lowest BCUT2D eigenvalue weighted by atomic mass is 9.89. The topological polar surface area (TPSA) is 21.3 Å². The molecule has 0 saturated heterocycles. The lowest BCUT2D eigenvalue weighted by Gasteiger charge is -2.19. The fourth-order valence-electron chi connectivity index (χ4n) is 3.21. The van der Waals surface area contributed by atoms with Gasteiger partial charge in [-0.1, -0.05) is 38.8 Å². The molecule has 2 unspecified atom stereocenters. The van der Waals surface area contributed by atoms with Gasteiger partial charge in [0.25, 0.3) is 0 Å². The van der Waals surface area contributed by atoms with Gasteiger partial charge < -0.3 is 10.1 Å². The van der Waals surface area contributed by atoms with Crippen LogP contribution in [-0.4, -0.2) is 13.2 Å². The molecular formula is C18H29NO. The van der Waals surface area contributed by atoms with Gasteiger partial charge in [-0.15, -0.1) is 0 Å². The van der Waals surface area contributed by atoms with Crippen LogP contribution in [0.2, 0.25) is 0 Å². The average molecular weight is 275 g/mol. The molecule has 2 atom stereocenters. The second-order valence-corrected chi connectivity index (χ2v) is 6.44. The summed E-state index contributed by atoms with van der Waals surface area (Å²) in [5.41, 5.74) is 1.34. The summed E-state index contributed by atoms with van der Waals surface area (Å²) < 4.78 is 5.19. The van der Waals surface area contributed by atoms with Crippen LogP contribution >= 0.6 is 0 Å². The van der Waals surface area contributed by atoms with Crippen LogP contribution in [0.4, 0.5) is 0 Å². The monoisotopic (exact) mass is 275 g/mol. The van der Waals surface area contributed by atoms with Crippen LogP contribution in [0.1, 0.15) is 51.5 Å². The first kappa shape index (κ1) is 15.4. The Bertz CT molecular complexity index is 385. The maximum atomic E-state index is 5.19. The number of hydrogen-bond acceptors (Lipinski definition) is 2. The normalized spacial score (nSPS) is 23.6. The summed E-state index contributed by atoms with van der Waals surface area (Å²) in [5, 5.41) is 3.73. The Labute approximate surface area is 123 Å². The molecule has 0 heterocycles. The van der Waals surface area contributed by atoms with Gasteiger partial charge in [0.2, 0.25) is 0 Å². The fourth-order valence-corrected chi connectivity index (χ4v) is 3.21. The zero-order valence-electron chi connectivity index (χ0n) is 13.2. The van der Waals surface area contributed by atoms with E-state index in [4.69, 9.17) is 4.74 Å². The van der Waals surface area contributed by atoms with E-state index in [1.54, 1.807) is 7.11 Å². The van der Waals surface area contributed by atoms with Crippen molar-refractivity contribution in [3.63, 3.8) is 0 Å². The van der Waals surface area contributed by atoms with Crippen molar-refractivity contribution in [1.82, 2.24) is 5.32 Å². The standard InChI is InChI=1S/C18H29NO/c1-14(2)16-5-4-6-17(10-9-16)19-13-15-7-11-18(20-3)12-8-15/h7-8,11-12,14,16-17,19H,4-6,9-10,13H2,1-3H3. The molecule has 0 bridgehead atoms. The highest BCUT2D eigenvalue weighted by molar-refractivity contribution is 5.27. The third kappa shape index (κ3) is 4.52. The molecule has 1 aromatic rings. The minimum Gasteiger partial charge on any atom is -0.497 e. The molecule has 20 heavy (non-hydrogen) atoms. The molecule has 2 rings (SSSR count). The Morgan fingerprint density at radius 2 is 1.85 bits per heavy atom. The Hall–Kier alpha value is -1.02. The van der Waals surface area contributed by atoms with E-state index in [0.717, 1.165) is 24.1 Å². The van der Waals surface area contributed by atoms with Crippen molar-refractivity contribution < 1.29 is 4.74 Å². The molecule has 1 saturated carbocycles. The van der Waals surface area contributed by atoms with E-state index in [9.17, 15) is 0 Å². The summed E-state index contributed by atoms with van der Waals surface area (Å²) in [6, 6.07) is 9.08. The van der Waals surface area contributed by atoms with Gasteiger partial charge in [-0.25, -0.2) is 0 Å². The lowest BCUT2D eigenvalue weighted by Crippen LogP contribution is -2.28. The predicted octanol–water partition coefficient (Wildman–Crippen LogP) is 4.39. The average Bonchev–Trinajstić information content (AvgIpc) is 2.71.